The predicted molar refractivity (Wildman–Crippen MR) is 131 cm³/mol. The van der Waals surface area contributed by atoms with Gasteiger partial charge in [0.15, 0.2) is 5.96 Å². The second-order valence-electron chi connectivity index (χ2n) is 6.74. The molecule has 0 radical (unpaired) electrons. The first-order valence-electron chi connectivity index (χ1n) is 9.99. The van der Waals surface area contributed by atoms with Crippen LogP contribution in [0.4, 0.5) is 8.78 Å². The Kier molecular flexibility index (Phi) is 12.5. The number of aliphatic hydroxyl groups excluding tert-OH is 1. The van der Waals surface area contributed by atoms with Crippen LogP contribution in [-0.2, 0) is 0 Å². The van der Waals surface area contributed by atoms with Gasteiger partial charge >= 0.3 is 6.61 Å². The zero-order valence-corrected chi connectivity index (χ0v) is 20.3. The van der Waals surface area contributed by atoms with Crippen LogP contribution in [0.15, 0.2) is 53.5 Å². The van der Waals surface area contributed by atoms with E-state index in [1.165, 1.54) is 24.3 Å². The van der Waals surface area contributed by atoms with Crippen molar-refractivity contribution in [3.63, 3.8) is 0 Å². The number of rotatable bonds is 10. The lowest BCUT2D eigenvalue weighted by Gasteiger charge is -2.14. The van der Waals surface area contributed by atoms with E-state index in [0.717, 1.165) is 5.56 Å². The van der Waals surface area contributed by atoms with Gasteiger partial charge in [0.1, 0.15) is 5.75 Å². The maximum Gasteiger partial charge on any atom is 0.387 e. The molecular weight excluding hydrogens is 533 g/mol. The van der Waals surface area contributed by atoms with E-state index in [0.29, 0.717) is 36.7 Å². The molecule has 2 aromatic carbocycles. The summed E-state index contributed by atoms with van der Waals surface area (Å²) in [5.74, 6) is 0.364. The van der Waals surface area contributed by atoms with Crippen LogP contribution in [0.3, 0.4) is 0 Å². The highest BCUT2D eigenvalue weighted by molar-refractivity contribution is 14.0. The first kappa shape index (κ1) is 27.6. The van der Waals surface area contributed by atoms with Gasteiger partial charge in [-0.2, -0.15) is 8.78 Å². The van der Waals surface area contributed by atoms with E-state index in [4.69, 9.17) is 0 Å². The number of aliphatic hydroxyl groups is 1. The van der Waals surface area contributed by atoms with E-state index >= 15 is 0 Å². The van der Waals surface area contributed by atoms with Gasteiger partial charge in [-0.3, -0.25) is 9.79 Å². The van der Waals surface area contributed by atoms with Crippen LogP contribution in [-0.4, -0.2) is 49.8 Å². The van der Waals surface area contributed by atoms with E-state index in [2.05, 4.69) is 25.7 Å². The maximum absolute atomic E-state index is 12.2. The summed E-state index contributed by atoms with van der Waals surface area (Å²) in [4.78, 5) is 16.5. The number of aryl methyl sites for hydroxylation is 1. The summed E-state index contributed by atoms with van der Waals surface area (Å²) in [7, 11) is 0. The predicted octanol–water partition coefficient (Wildman–Crippen LogP) is 3.23. The molecule has 0 bridgehead atoms. The molecule has 0 heterocycles. The second-order valence-corrected chi connectivity index (χ2v) is 6.74. The molecule has 1 atom stereocenters. The quantitative estimate of drug-likeness (QED) is 0.155. The molecule has 10 heteroatoms. The average molecular weight is 562 g/mol. The Morgan fingerprint density at radius 2 is 1.78 bits per heavy atom. The topological polar surface area (TPSA) is 95.0 Å². The monoisotopic (exact) mass is 562 g/mol. The lowest BCUT2D eigenvalue weighted by atomic mass is 10.1. The van der Waals surface area contributed by atoms with Gasteiger partial charge in [-0.1, -0.05) is 29.8 Å². The van der Waals surface area contributed by atoms with Crippen LogP contribution < -0.4 is 20.7 Å². The molecule has 0 aliphatic heterocycles. The summed E-state index contributed by atoms with van der Waals surface area (Å²) in [6, 6.07) is 13.1. The van der Waals surface area contributed by atoms with Gasteiger partial charge in [0.05, 0.1) is 12.6 Å². The Balaban J connectivity index is 0.00000512. The largest absolute Gasteiger partial charge is 0.435 e. The number of halogens is 3. The van der Waals surface area contributed by atoms with Crippen molar-refractivity contribution in [3.05, 3.63) is 65.2 Å². The molecule has 176 valence electrons. The number of aliphatic imine (C=N–C) groups is 1. The minimum atomic E-state index is -2.89. The Morgan fingerprint density at radius 3 is 2.41 bits per heavy atom. The fourth-order valence-electron chi connectivity index (χ4n) is 2.74. The molecule has 0 spiro atoms. The lowest BCUT2D eigenvalue weighted by molar-refractivity contribution is -0.0498. The standard InChI is InChI=1S/C22H28F2N4O3.HI/c1-3-25-22(27-12-11-26-20(30)17-6-4-5-15(2)13-17)28-14-19(29)16-7-9-18(10-8-16)31-21(23)24;/h4-10,13,19,21,29H,3,11-12,14H2,1-2H3,(H,26,30)(H2,25,27,28);1H. The van der Waals surface area contributed by atoms with Crippen molar-refractivity contribution in [1.82, 2.24) is 16.0 Å². The highest BCUT2D eigenvalue weighted by Crippen LogP contribution is 2.19. The lowest BCUT2D eigenvalue weighted by Crippen LogP contribution is -2.41. The Labute approximate surface area is 203 Å². The van der Waals surface area contributed by atoms with Crippen LogP contribution in [0, 0.1) is 6.92 Å². The third-order valence-corrected chi connectivity index (χ3v) is 4.24. The molecule has 2 aromatic rings. The first-order chi connectivity index (χ1) is 14.9. The van der Waals surface area contributed by atoms with Crippen molar-refractivity contribution < 1.29 is 23.4 Å². The summed E-state index contributed by atoms with van der Waals surface area (Å²) in [5, 5.41) is 19.3. The molecule has 1 unspecified atom stereocenters. The summed E-state index contributed by atoms with van der Waals surface area (Å²) >= 11 is 0. The van der Waals surface area contributed by atoms with Gasteiger partial charge < -0.3 is 25.8 Å². The Hall–Kier alpha value is -2.47. The van der Waals surface area contributed by atoms with E-state index in [-0.39, 0.29) is 42.2 Å². The Morgan fingerprint density at radius 1 is 1.09 bits per heavy atom. The van der Waals surface area contributed by atoms with Gasteiger partial charge in [-0.25, -0.2) is 0 Å². The summed E-state index contributed by atoms with van der Waals surface area (Å²) in [6.45, 7) is 2.48. The smallest absolute Gasteiger partial charge is 0.387 e. The van der Waals surface area contributed by atoms with Crippen molar-refractivity contribution in [2.45, 2.75) is 26.6 Å². The number of ether oxygens (including phenoxy) is 1. The van der Waals surface area contributed by atoms with Crippen LogP contribution in [0.2, 0.25) is 0 Å². The number of benzene rings is 2. The molecule has 2 rings (SSSR count). The molecule has 0 aromatic heterocycles. The van der Waals surface area contributed by atoms with Gasteiger partial charge in [0.25, 0.3) is 5.91 Å². The minimum absolute atomic E-state index is 0. The number of nitrogens with zero attached hydrogens (tertiary/aromatic N) is 1. The van der Waals surface area contributed by atoms with Crippen LogP contribution >= 0.6 is 24.0 Å². The number of alkyl halides is 2. The number of nitrogens with one attached hydrogen (secondary N) is 3. The van der Waals surface area contributed by atoms with E-state index < -0.39 is 12.7 Å². The van der Waals surface area contributed by atoms with Crippen molar-refractivity contribution >= 4 is 35.8 Å². The number of carbonyl (C=O) groups excluding carboxylic acids is 1. The van der Waals surface area contributed by atoms with Crippen molar-refractivity contribution in [2.75, 3.05) is 26.2 Å². The molecule has 4 N–H and O–H groups in total. The highest BCUT2D eigenvalue weighted by Gasteiger charge is 2.10. The molecular formula is C22H29F2IN4O3. The molecule has 0 fully saturated rings. The fourth-order valence-corrected chi connectivity index (χ4v) is 2.74. The van der Waals surface area contributed by atoms with Crippen LogP contribution in [0.1, 0.15) is 34.5 Å². The first-order valence-corrected chi connectivity index (χ1v) is 9.99. The summed E-state index contributed by atoms with van der Waals surface area (Å²) in [5.41, 5.74) is 2.15. The van der Waals surface area contributed by atoms with Gasteiger partial charge in [0, 0.05) is 25.2 Å². The van der Waals surface area contributed by atoms with Crippen molar-refractivity contribution in [2.24, 2.45) is 4.99 Å². The molecule has 0 aliphatic rings. The SMILES string of the molecule is CCNC(=NCC(O)c1ccc(OC(F)F)cc1)NCCNC(=O)c1cccc(C)c1.I. The normalized spacial score (nSPS) is 12.0. The highest BCUT2D eigenvalue weighted by atomic mass is 127. The van der Waals surface area contributed by atoms with Gasteiger partial charge in [-0.15, -0.1) is 24.0 Å². The number of hydrogen-bond acceptors (Lipinski definition) is 4. The molecule has 0 saturated heterocycles. The third-order valence-electron chi connectivity index (χ3n) is 4.24. The van der Waals surface area contributed by atoms with Gasteiger partial charge in [0.2, 0.25) is 0 Å². The van der Waals surface area contributed by atoms with E-state index in [1.807, 2.05) is 32.0 Å². The number of amides is 1. The van der Waals surface area contributed by atoms with Crippen molar-refractivity contribution in [1.29, 1.82) is 0 Å². The number of guanidine groups is 1. The van der Waals surface area contributed by atoms with E-state index in [9.17, 15) is 18.7 Å². The van der Waals surface area contributed by atoms with E-state index in [1.54, 1.807) is 6.07 Å². The average Bonchev–Trinajstić information content (AvgIpc) is 2.74. The second kappa shape index (κ2) is 14.6. The van der Waals surface area contributed by atoms with Gasteiger partial charge in [-0.05, 0) is 43.7 Å². The zero-order chi connectivity index (χ0) is 22.6. The zero-order valence-electron chi connectivity index (χ0n) is 18.0. The molecule has 1 amide bonds. The fraction of sp³-hybridized carbons (Fsp3) is 0.364. The summed E-state index contributed by atoms with van der Waals surface area (Å²) in [6.07, 6.45) is -0.905. The van der Waals surface area contributed by atoms with Crippen LogP contribution in [0.5, 0.6) is 5.75 Å². The number of carbonyl (C=O) groups is 1. The molecule has 7 nitrogen and oxygen atoms in total. The Bertz CT molecular complexity index is 867. The maximum atomic E-state index is 12.2. The molecule has 0 saturated carbocycles. The summed E-state index contributed by atoms with van der Waals surface area (Å²) < 4.78 is 28.7. The molecule has 32 heavy (non-hydrogen) atoms. The minimum Gasteiger partial charge on any atom is -0.435 e. The molecule has 0 aliphatic carbocycles. The third kappa shape index (κ3) is 9.77. The van der Waals surface area contributed by atoms with Crippen molar-refractivity contribution in [3.8, 4) is 5.75 Å². The number of hydrogen-bond donors (Lipinski definition) is 4. The van der Waals surface area contributed by atoms with Crippen LogP contribution in [0.25, 0.3) is 0 Å².